The zero-order chi connectivity index (χ0) is 12.2. The molecular weight excluding hydrogens is 228 g/mol. The molecule has 1 aromatic carbocycles. The Balaban J connectivity index is 2.64. The Kier molecular flexibility index (Phi) is 4.20. The Morgan fingerprint density at radius 1 is 1.56 bits per heavy atom. The third-order valence-electron chi connectivity index (χ3n) is 2.02. The average molecular weight is 242 g/mol. The minimum atomic E-state index is -1.71. The Bertz CT molecular complexity index is 376. The number of carboxylic acid groups (broad SMARTS) is 1. The van der Waals surface area contributed by atoms with Crippen LogP contribution in [0.1, 0.15) is 6.92 Å². The summed E-state index contributed by atoms with van der Waals surface area (Å²) in [4.78, 5) is 11.5. The molecule has 1 atom stereocenters. The molecule has 1 aromatic rings. The molecule has 0 aromatic heterocycles. The number of carboxylic acids is 1. The summed E-state index contributed by atoms with van der Waals surface area (Å²) >= 11 is 1.27. The Hall–Kier alpha value is -1.20. The number of benzene rings is 1. The maximum atomic E-state index is 10.7. The smallest absolute Gasteiger partial charge is 0.336 e. The summed E-state index contributed by atoms with van der Waals surface area (Å²) in [5.74, 6) is -0.418. The van der Waals surface area contributed by atoms with Crippen molar-refractivity contribution in [3.05, 3.63) is 24.3 Å². The van der Waals surface area contributed by atoms with Crippen molar-refractivity contribution in [3.8, 4) is 5.75 Å². The summed E-state index contributed by atoms with van der Waals surface area (Å²) in [5, 5.41) is 18.3. The van der Waals surface area contributed by atoms with Gasteiger partial charge in [0.25, 0.3) is 0 Å². The minimum absolute atomic E-state index is 0.0928. The van der Waals surface area contributed by atoms with Gasteiger partial charge >= 0.3 is 5.97 Å². The van der Waals surface area contributed by atoms with E-state index in [0.717, 1.165) is 4.90 Å². The maximum Gasteiger partial charge on any atom is 0.336 e. The lowest BCUT2D eigenvalue weighted by Gasteiger charge is -2.17. The van der Waals surface area contributed by atoms with Crippen LogP contribution in [0.3, 0.4) is 0 Å². The zero-order valence-corrected chi connectivity index (χ0v) is 9.95. The highest BCUT2D eigenvalue weighted by Gasteiger charge is 2.29. The van der Waals surface area contributed by atoms with Crippen LogP contribution >= 0.6 is 11.8 Å². The van der Waals surface area contributed by atoms with Gasteiger partial charge in [-0.05, 0) is 25.1 Å². The normalized spacial score (nSPS) is 14.2. The van der Waals surface area contributed by atoms with E-state index in [1.54, 1.807) is 19.2 Å². The number of rotatable bonds is 5. The first kappa shape index (κ1) is 12.9. The van der Waals surface area contributed by atoms with Gasteiger partial charge in [0.15, 0.2) is 5.60 Å². The Labute approximate surface area is 98.2 Å². The summed E-state index contributed by atoms with van der Waals surface area (Å²) in [7, 11) is 1.57. The molecule has 5 heteroatoms. The van der Waals surface area contributed by atoms with Crippen LogP contribution in [0.4, 0.5) is 0 Å². The average Bonchev–Trinajstić information content (AvgIpc) is 2.26. The second kappa shape index (κ2) is 5.23. The highest BCUT2D eigenvalue weighted by molar-refractivity contribution is 7.99. The number of aliphatic carboxylic acids is 1. The number of aliphatic hydroxyl groups is 1. The number of carbonyl (C=O) groups is 1. The first-order valence-corrected chi connectivity index (χ1v) is 5.67. The molecule has 88 valence electrons. The largest absolute Gasteiger partial charge is 0.497 e. The van der Waals surface area contributed by atoms with E-state index in [4.69, 9.17) is 9.84 Å². The van der Waals surface area contributed by atoms with Crippen LogP contribution in [0.15, 0.2) is 29.2 Å². The molecule has 0 bridgehead atoms. The number of hydrogen-bond acceptors (Lipinski definition) is 4. The summed E-state index contributed by atoms with van der Waals surface area (Å²) in [6.07, 6.45) is 0. The molecule has 16 heavy (non-hydrogen) atoms. The summed E-state index contributed by atoms with van der Waals surface area (Å²) < 4.78 is 5.04. The molecule has 1 rings (SSSR count). The molecule has 0 aliphatic carbocycles. The Morgan fingerprint density at radius 2 is 2.25 bits per heavy atom. The molecule has 4 nitrogen and oxygen atoms in total. The fourth-order valence-electron chi connectivity index (χ4n) is 0.977. The molecule has 1 unspecified atom stereocenters. The third-order valence-corrected chi connectivity index (χ3v) is 3.32. The zero-order valence-electron chi connectivity index (χ0n) is 9.14. The molecule has 0 fully saturated rings. The number of methoxy groups -OCH3 is 1. The van der Waals surface area contributed by atoms with Crippen molar-refractivity contribution in [2.24, 2.45) is 0 Å². The second-order valence-electron chi connectivity index (χ2n) is 3.55. The van der Waals surface area contributed by atoms with Crippen LogP contribution in [0, 0.1) is 0 Å². The van der Waals surface area contributed by atoms with E-state index in [2.05, 4.69) is 0 Å². The monoisotopic (exact) mass is 242 g/mol. The molecular formula is C11H14O4S. The molecule has 0 aliphatic rings. The summed E-state index contributed by atoms with van der Waals surface area (Å²) in [6.45, 7) is 1.28. The van der Waals surface area contributed by atoms with Gasteiger partial charge in [-0.2, -0.15) is 0 Å². The lowest BCUT2D eigenvalue weighted by molar-refractivity contribution is -0.154. The van der Waals surface area contributed by atoms with Gasteiger partial charge in [0.05, 0.1) is 7.11 Å². The molecule has 0 amide bonds. The maximum absolute atomic E-state index is 10.7. The van der Waals surface area contributed by atoms with E-state index in [1.165, 1.54) is 18.7 Å². The highest BCUT2D eigenvalue weighted by Crippen LogP contribution is 2.25. The molecule has 2 N–H and O–H groups in total. The van der Waals surface area contributed by atoms with Gasteiger partial charge < -0.3 is 14.9 Å². The van der Waals surface area contributed by atoms with Crippen LogP contribution in [-0.4, -0.2) is 34.6 Å². The molecule has 0 heterocycles. The van der Waals surface area contributed by atoms with Crippen LogP contribution in [-0.2, 0) is 4.79 Å². The van der Waals surface area contributed by atoms with Gasteiger partial charge in [-0.1, -0.05) is 6.07 Å². The van der Waals surface area contributed by atoms with Crippen molar-refractivity contribution in [1.82, 2.24) is 0 Å². The first-order chi connectivity index (χ1) is 7.45. The topological polar surface area (TPSA) is 66.8 Å². The quantitative estimate of drug-likeness (QED) is 0.768. The van der Waals surface area contributed by atoms with Gasteiger partial charge in [-0.15, -0.1) is 11.8 Å². The van der Waals surface area contributed by atoms with Crippen LogP contribution in [0.25, 0.3) is 0 Å². The van der Waals surface area contributed by atoms with Gasteiger partial charge in [-0.3, -0.25) is 0 Å². The van der Waals surface area contributed by atoms with Crippen molar-refractivity contribution in [2.45, 2.75) is 17.4 Å². The number of thioether (sulfide) groups is 1. The van der Waals surface area contributed by atoms with Crippen molar-refractivity contribution in [1.29, 1.82) is 0 Å². The predicted octanol–water partition coefficient (Wildman–Crippen LogP) is 1.62. The summed E-state index contributed by atoms with van der Waals surface area (Å²) in [6, 6.07) is 7.25. The molecule has 0 saturated heterocycles. The van der Waals surface area contributed by atoms with E-state index in [9.17, 15) is 9.90 Å². The van der Waals surface area contributed by atoms with Crippen molar-refractivity contribution < 1.29 is 19.7 Å². The first-order valence-electron chi connectivity index (χ1n) is 4.68. The second-order valence-corrected chi connectivity index (χ2v) is 4.60. The van der Waals surface area contributed by atoms with E-state index in [-0.39, 0.29) is 5.75 Å². The molecule has 0 radical (unpaired) electrons. The van der Waals surface area contributed by atoms with Crippen molar-refractivity contribution in [2.75, 3.05) is 12.9 Å². The van der Waals surface area contributed by atoms with Gasteiger partial charge in [0.2, 0.25) is 0 Å². The van der Waals surface area contributed by atoms with E-state index in [1.807, 2.05) is 12.1 Å². The van der Waals surface area contributed by atoms with Crippen molar-refractivity contribution >= 4 is 17.7 Å². The van der Waals surface area contributed by atoms with Crippen LogP contribution < -0.4 is 4.74 Å². The molecule has 0 aliphatic heterocycles. The molecule has 0 spiro atoms. The predicted molar refractivity (Wildman–Crippen MR) is 62.0 cm³/mol. The molecule has 0 saturated carbocycles. The minimum Gasteiger partial charge on any atom is -0.497 e. The van der Waals surface area contributed by atoms with E-state index < -0.39 is 11.6 Å². The van der Waals surface area contributed by atoms with E-state index in [0.29, 0.717) is 5.75 Å². The third kappa shape index (κ3) is 3.43. The number of ether oxygens (including phenoxy) is 1. The summed E-state index contributed by atoms with van der Waals surface area (Å²) in [5.41, 5.74) is -1.71. The van der Waals surface area contributed by atoms with Gasteiger partial charge in [0, 0.05) is 10.6 Å². The van der Waals surface area contributed by atoms with Crippen molar-refractivity contribution in [3.63, 3.8) is 0 Å². The standard InChI is InChI=1S/C11H14O4S/c1-11(14,10(12)13)7-16-9-5-3-4-8(6-9)15-2/h3-6,14H,7H2,1-2H3,(H,12,13). The van der Waals surface area contributed by atoms with Crippen LogP contribution in [0.5, 0.6) is 5.75 Å². The van der Waals surface area contributed by atoms with E-state index >= 15 is 0 Å². The number of hydrogen-bond donors (Lipinski definition) is 2. The fourth-order valence-corrected chi connectivity index (χ4v) is 1.92. The SMILES string of the molecule is COc1cccc(SCC(C)(O)C(=O)O)c1. The lowest BCUT2D eigenvalue weighted by atomic mass is 10.1. The highest BCUT2D eigenvalue weighted by atomic mass is 32.2. The van der Waals surface area contributed by atoms with Gasteiger partial charge in [0.1, 0.15) is 5.75 Å². The Morgan fingerprint density at radius 3 is 2.81 bits per heavy atom. The van der Waals surface area contributed by atoms with Crippen LogP contribution in [0.2, 0.25) is 0 Å². The fraction of sp³-hybridized carbons (Fsp3) is 0.364. The van der Waals surface area contributed by atoms with Gasteiger partial charge in [-0.25, -0.2) is 4.79 Å². The lowest BCUT2D eigenvalue weighted by Crippen LogP contribution is -2.37.